The normalized spacial score (nSPS) is 10.4. The van der Waals surface area contributed by atoms with Gasteiger partial charge in [0, 0.05) is 18.4 Å². The maximum atomic E-state index is 12.3. The van der Waals surface area contributed by atoms with Crippen LogP contribution >= 0.6 is 0 Å². The molecule has 1 N–H and O–H groups in total. The van der Waals surface area contributed by atoms with E-state index in [1.54, 1.807) is 19.2 Å². The largest absolute Gasteiger partial charge is 0.331 e. The van der Waals surface area contributed by atoms with E-state index in [9.17, 15) is 9.59 Å². The molecule has 1 heterocycles. The number of likely N-dealkylation sites (N-methyl/N-ethyl adjacent to an activating group) is 1. The van der Waals surface area contributed by atoms with E-state index in [2.05, 4.69) is 10.3 Å². The number of nitrogens with zero attached hydrogens (tertiary/aromatic N) is 2. The highest BCUT2D eigenvalue weighted by Gasteiger charge is 2.17. The Kier molecular flexibility index (Phi) is 5.34. The molecular weight excluding hydrogens is 302 g/mol. The fourth-order valence-corrected chi connectivity index (χ4v) is 2.70. The first kappa shape index (κ1) is 17.7. The predicted octanol–water partition coefficient (Wildman–Crippen LogP) is 3.03. The lowest BCUT2D eigenvalue weighted by Crippen LogP contribution is -2.35. The minimum atomic E-state index is -0.272. The molecule has 0 saturated carbocycles. The van der Waals surface area contributed by atoms with Crippen LogP contribution in [0.3, 0.4) is 0 Å². The number of rotatable bonds is 4. The molecule has 5 nitrogen and oxygen atoms in total. The number of anilines is 1. The summed E-state index contributed by atoms with van der Waals surface area (Å²) < 4.78 is 0. The summed E-state index contributed by atoms with van der Waals surface area (Å²) in [7, 11) is 1.60. The SMILES string of the molecule is Cc1cc(C)c(NC(=O)CN(C)C(=O)c2cccc(C)n2)c(C)c1. The fourth-order valence-electron chi connectivity index (χ4n) is 2.70. The highest BCUT2D eigenvalue weighted by atomic mass is 16.2. The van der Waals surface area contributed by atoms with E-state index in [1.165, 1.54) is 4.90 Å². The van der Waals surface area contributed by atoms with Gasteiger partial charge in [-0.05, 0) is 51.0 Å². The topological polar surface area (TPSA) is 62.3 Å². The van der Waals surface area contributed by atoms with Crippen LogP contribution in [0.2, 0.25) is 0 Å². The van der Waals surface area contributed by atoms with Gasteiger partial charge in [-0.15, -0.1) is 0 Å². The summed E-state index contributed by atoms with van der Waals surface area (Å²) in [6, 6.07) is 9.30. The van der Waals surface area contributed by atoms with Crippen LogP contribution in [0.25, 0.3) is 0 Å². The summed E-state index contributed by atoms with van der Waals surface area (Å²) in [4.78, 5) is 30.2. The third-order valence-electron chi connectivity index (χ3n) is 3.78. The Morgan fingerprint density at radius 1 is 1.08 bits per heavy atom. The molecule has 126 valence electrons. The molecular formula is C19H23N3O2. The zero-order valence-electron chi connectivity index (χ0n) is 14.8. The van der Waals surface area contributed by atoms with Crippen LogP contribution in [-0.4, -0.2) is 35.3 Å². The van der Waals surface area contributed by atoms with Gasteiger partial charge in [-0.25, -0.2) is 4.98 Å². The standard InChI is InChI=1S/C19H23N3O2/c1-12-9-13(2)18(14(3)10-12)21-17(23)11-22(5)19(24)16-8-6-7-15(4)20-16/h6-10H,11H2,1-5H3,(H,21,23). The van der Waals surface area contributed by atoms with Crippen LogP contribution in [0, 0.1) is 27.7 Å². The van der Waals surface area contributed by atoms with E-state index >= 15 is 0 Å². The van der Waals surface area contributed by atoms with Crippen LogP contribution in [0.15, 0.2) is 30.3 Å². The van der Waals surface area contributed by atoms with Crippen LogP contribution in [-0.2, 0) is 4.79 Å². The number of amides is 2. The third-order valence-corrected chi connectivity index (χ3v) is 3.78. The van der Waals surface area contributed by atoms with E-state index in [0.29, 0.717) is 5.69 Å². The Hall–Kier alpha value is -2.69. The highest BCUT2D eigenvalue weighted by Crippen LogP contribution is 2.21. The molecule has 0 aliphatic rings. The fraction of sp³-hybridized carbons (Fsp3) is 0.316. The molecule has 0 fully saturated rings. The number of hydrogen-bond acceptors (Lipinski definition) is 3. The minimum Gasteiger partial charge on any atom is -0.331 e. The Balaban J connectivity index is 2.06. The van der Waals surface area contributed by atoms with Gasteiger partial charge in [0.2, 0.25) is 5.91 Å². The molecule has 0 spiro atoms. The van der Waals surface area contributed by atoms with E-state index < -0.39 is 0 Å². The molecule has 0 bridgehead atoms. The van der Waals surface area contributed by atoms with E-state index in [4.69, 9.17) is 0 Å². The van der Waals surface area contributed by atoms with Crippen molar-refractivity contribution in [1.29, 1.82) is 0 Å². The first-order valence-corrected chi connectivity index (χ1v) is 7.84. The monoisotopic (exact) mass is 325 g/mol. The van der Waals surface area contributed by atoms with Gasteiger partial charge in [0.15, 0.2) is 0 Å². The first-order chi connectivity index (χ1) is 11.3. The smallest absolute Gasteiger partial charge is 0.272 e. The number of aromatic nitrogens is 1. The highest BCUT2D eigenvalue weighted by molar-refractivity contribution is 5.99. The molecule has 2 aromatic rings. The second-order valence-corrected chi connectivity index (χ2v) is 6.15. The van der Waals surface area contributed by atoms with Crippen molar-refractivity contribution < 1.29 is 9.59 Å². The van der Waals surface area contributed by atoms with Crippen LogP contribution in [0.1, 0.15) is 32.9 Å². The summed E-state index contributed by atoms with van der Waals surface area (Å²) in [5.41, 5.74) is 5.09. The molecule has 1 aromatic heterocycles. The number of benzene rings is 1. The number of hydrogen-bond donors (Lipinski definition) is 1. The van der Waals surface area contributed by atoms with Crippen LogP contribution in [0.5, 0.6) is 0 Å². The maximum absolute atomic E-state index is 12.3. The van der Waals surface area contributed by atoms with E-state index in [1.807, 2.05) is 45.9 Å². The maximum Gasteiger partial charge on any atom is 0.272 e. The van der Waals surface area contributed by atoms with Gasteiger partial charge in [-0.2, -0.15) is 0 Å². The molecule has 0 saturated heterocycles. The summed E-state index contributed by atoms with van der Waals surface area (Å²) in [5, 5.41) is 2.90. The Bertz CT molecular complexity index is 761. The molecule has 0 aliphatic heterocycles. The van der Waals surface area contributed by atoms with Crippen molar-refractivity contribution >= 4 is 17.5 Å². The molecule has 0 unspecified atom stereocenters. The number of carbonyl (C=O) groups is 2. The third kappa shape index (κ3) is 4.19. The van der Waals surface area contributed by atoms with Gasteiger partial charge in [-0.3, -0.25) is 9.59 Å². The number of nitrogens with one attached hydrogen (secondary N) is 1. The quantitative estimate of drug-likeness (QED) is 0.940. The average molecular weight is 325 g/mol. The molecule has 0 radical (unpaired) electrons. The lowest BCUT2D eigenvalue weighted by atomic mass is 10.1. The van der Waals surface area contributed by atoms with Gasteiger partial charge in [0.05, 0.1) is 6.54 Å². The summed E-state index contributed by atoms with van der Waals surface area (Å²) >= 11 is 0. The first-order valence-electron chi connectivity index (χ1n) is 7.84. The van der Waals surface area contributed by atoms with Crippen LogP contribution < -0.4 is 5.32 Å². The van der Waals surface area contributed by atoms with Crippen molar-refractivity contribution in [2.45, 2.75) is 27.7 Å². The molecule has 0 atom stereocenters. The summed E-state index contributed by atoms with van der Waals surface area (Å²) in [6.07, 6.45) is 0. The average Bonchev–Trinajstić information content (AvgIpc) is 2.50. The van der Waals surface area contributed by atoms with Gasteiger partial charge < -0.3 is 10.2 Å². The summed E-state index contributed by atoms with van der Waals surface area (Å²) in [6.45, 7) is 7.74. The van der Waals surface area contributed by atoms with Gasteiger partial charge in [0.25, 0.3) is 5.91 Å². The van der Waals surface area contributed by atoms with Crippen molar-refractivity contribution in [3.8, 4) is 0 Å². The van der Waals surface area contributed by atoms with E-state index in [0.717, 1.165) is 28.1 Å². The van der Waals surface area contributed by atoms with Gasteiger partial charge >= 0.3 is 0 Å². The molecule has 24 heavy (non-hydrogen) atoms. The van der Waals surface area contributed by atoms with Crippen molar-refractivity contribution in [2.75, 3.05) is 18.9 Å². The Morgan fingerprint density at radius 2 is 1.71 bits per heavy atom. The molecule has 2 amide bonds. The van der Waals surface area contributed by atoms with Crippen molar-refractivity contribution in [1.82, 2.24) is 9.88 Å². The number of pyridine rings is 1. The second kappa shape index (κ2) is 7.25. The zero-order valence-corrected chi connectivity index (χ0v) is 14.8. The van der Waals surface area contributed by atoms with Gasteiger partial charge in [0.1, 0.15) is 5.69 Å². The lowest BCUT2D eigenvalue weighted by molar-refractivity contribution is -0.116. The van der Waals surface area contributed by atoms with Crippen molar-refractivity contribution in [3.05, 3.63) is 58.4 Å². The van der Waals surface area contributed by atoms with E-state index in [-0.39, 0.29) is 18.4 Å². The Morgan fingerprint density at radius 3 is 2.29 bits per heavy atom. The molecule has 2 rings (SSSR count). The zero-order chi connectivity index (χ0) is 17.9. The molecule has 5 heteroatoms. The second-order valence-electron chi connectivity index (χ2n) is 6.15. The minimum absolute atomic E-state index is 0.0266. The molecule has 1 aromatic carbocycles. The Labute approximate surface area is 142 Å². The summed E-state index contributed by atoms with van der Waals surface area (Å²) in [5.74, 6) is -0.500. The number of aryl methyl sites for hydroxylation is 4. The van der Waals surface area contributed by atoms with Crippen molar-refractivity contribution in [2.24, 2.45) is 0 Å². The van der Waals surface area contributed by atoms with Gasteiger partial charge in [-0.1, -0.05) is 23.8 Å². The predicted molar refractivity (Wildman–Crippen MR) is 95.2 cm³/mol. The van der Waals surface area contributed by atoms with Crippen molar-refractivity contribution in [3.63, 3.8) is 0 Å². The van der Waals surface area contributed by atoms with Crippen LogP contribution in [0.4, 0.5) is 5.69 Å². The lowest BCUT2D eigenvalue weighted by Gasteiger charge is -2.18. The number of carbonyl (C=O) groups excluding carboxylic acids is 2. The molecule has 0 aliphatic carbocycles.